The third kappa shape index (κ3) is 3.44. The summed E-state index contributed by atoms with van der Waals surface area (Å²) in [6, 6.07) is 14.6. The normalized spacial score (nSPS) is 11.6. The molecule has 0 radical (unpaired) electrons. The molecule has 2 aromatic carbocycles. The van der Waals surface area contributed by atoms with E-state index in [1.165, 1.54) is 0 Å². The summed E-state index contributed by atoms with van der Waals surface area (Å²) in [6.07, 6.45) is 0. The number of para-hydroxylation sites is 1. The lowest BCUT2D eigenvalue weighted by atomic mass is 10.0. The first kappa shape index (κ1) is 18.4. The zero-order valence-electron chi connectivity index (χ0n) is 15.2. The molecule has 0 bridgehead atoms. The lowest BCUT2D eigenvalue weighted by molar-refractivity contribution is 0.00703. The first-order valence-electron chi connectivity index (χ1n) is 8.33. The molecular weight excluding hydrogens is 394 g/mol. The summed E-state index contributed by atoms with van der Waals surface area (Å²) in [5, 5.41) is 1.06. The third-order valence-electron chi connectivity index (χ3n) is 4.00. The van der Waals surface area contributed by atoms with Gasteiger partial charge in [0.05, 0.1) is 5.56 Å². The van der Waals surface area contributed by atoms with Crippen molar-refractivity contribution in [3.8, 4) is 5.69 Å². The van der Waals surface area contributed by atoms with Gasteiger partial charge in [-0.1, -0.05) is 34.1 Å². The monoisotopic (exact) mass is 413 g/mol. The SMILES string of the molecule is Cc1c(C(=O)OC(C)(C)C)c2cc(Br)ccc2c(=O)n1-c1ccccc1. The number of esters is 1. The summed E-state index contributed by atoms with van der Waals surface area (Å²) < 4.78 is 7.98. The number of hydrogen-bond acceptors (Lipinski definition) is 3. The van der Waals surface area contributed by atoms with E-state index in [1.54, 1.807) is 29.7 Å². The van der Waals surface area contributed by atoms with E-state index >= 15 is 0 Å². The van der Waals surface area contributed by atoms with E-state index in [-0.39, 0.29) is 5.56 Å². The van der Waals surface area contributed by atoms with E-state index in [9.17, 15) is 9.59 Å². The lowest BCUT2D eigenvalue weighted by Gasteiger charge is -2.22. The smallest absolute Gasteiger partial charge is 0.341 e. The molecule has 0 aliphatic heterocycles. The highest BCUT2D eigenvalue weighted by atomic mass is 79.9. The summed E-state index contributed by atoms with van der Waals surface area (Å²) in [5.41, 5.74) is 0.879. The summed E-state index contributed by atoms with van der Waals surface area (Å²) in [5.74, 6) is -0.442. The molecule has 4 nitrogen and oxygen atoms in total. The number of benzene rings is 2. The minimum atomic E-state index is -0.629. The molecular formula is C21H20BrNO3. The topological polar surface area (TPSA) is 48.3 Å². The maximum Gasteiger partial charge on any atom is 0.341 e. The number of pyridine rings is 1. The Morgan fingerprint density at radius 1 is 1.04 bits per heavy atom. The van der Waals surface area contributed by atoms with Gasteiger partial charge in [-0.05, 0) is 58.0 Å². The Bertz CT molecular complexity index is 1050. The average Bonchev–Trinajstić information content (AvgIpc) is 2.54. The second-order valence-electron chi connectivity index (χ2n) is 7.13. The quantitative estimate of drug-likeness (QED) is 0.554. The maximum absolute atomic E-state index is 13.1. The van der Waals surface area contributed by atoms with Crippen LogP contribution in [-0.2, 0) is 4.74 Å². The van der Waals surface area contributed by atoms with Crippen LogP contribution in [0.3, 0.4) is 0 Å². The summed E-state index contributed by atoms with van der Waals surface area (Å²) in [4.78, 5) is 26.1. The lowest BCUT2D eigenvalue weighted by Crippen LogP contribution is -2.28. The number of hydrogen-bond donors (Lipinski definition) is 0. The minimum absolute atomic E-state index is 0.163. The second-order valence-corrected chi connectivity index (χ2v) is 8.04. The molecule has 0 unspecified atom stereocenters. The van der Waals surface area contributed by atoms with Crippen LogP contribution in [0.25, 0.3) is 16.5 Å². The van der Waals surface area contributed by atoms with Crippen molar-refractivity contribution in [3.63, 3.8) is 0 Å². The third-order valence-corrected chi connectivity index (χ3v) is 4.49. The molecule has 134 valence electrons. The van der Waals surface area contributed by atoms with Gasteiger partial charge in [0.25, 0.3) is 5.56 Å². The Morgan fingerprint density at radius 3 is 2.31 bits per heavy atom. The van der Waals surface area contributed by atoms with E-state index < -0.39 is 11.6 Å². The molecule has 0 aliphatic rings. The molecule has 1 heterocycles. The number of aromatic nitrogens is 1. The largest absolute Gasteiger partial charge is 0.456 e. The standard InChI is InChI=1S/C21H20BrNO3/c1-13-18(20(25)26-21(2,3)4)17-12-14(22)10-11-16(17)19(24)23(13)15-8-6-5-7-9-15/h5-12H,1-4H3. The fraction of sp³-hybridized carbons (Fsp3) is 0.238. The van der Waals surface area contributed by atoms with E-state index in [0.29, 0.717) is 27.7 Å². The molecule has 3 aromatic rings. The van der Waals surface area contributed by atoms with Crippen molar-refractivity contribution in [1.29, 1.82) is 0 Å². The van der Waals surface area contributed by atoms with Crippen molar-refractivity contribution >= 4 is 32.7 Å². The van der Waals surface area contributed by atoms with Crippen LogP contribution < -0.4 is 5.56 Å². The molecule has 1 aromatic heterocycles. The summed E-state index contributed by atoms with van der Waals surface area (Å²) >= 11 is 3.43. The molecule has 0 saturated carbocycles. The average molecular weight is 414 g/mol. The van der Waals surface area contributed by atoms with Crippen molar-refractivity contribution in [1.82, 2.24) is 4.57 Å². The van der Waals surface area contributed by atoms with E-state index in [2.05, 4.69) is 15.9 Å². The highest BCUT2D eigenvalue weighted by Gasteiger charge is 2.25. The van der Waals surface area contributed by atoms with E-state index in [0.717, 1.165) is 4.47 Å². The molecule has 26 heavy (non-hydrogen) atoms. The van der Waals surface area contributed by atoms with Crippen molar-refractivity contribution in [2.45, 2.75) is 33.3 Å². The summed E-state index contributed by atoms with van der Waals surface area (Å²) in [6.45, 7) is 7.25. The molecule has 0 amide bonds. The van der Waals surface area contributed by atoms with Crippen LogP contribution in [0.2, 0.25) is 0 Å². The van der Waals surface area contributed by atoms with Crippen LogP contribution in [0.1, 0.15) is 36.8 Å². The van der Waals surface area contributed by atoms with Gasteiger partial charge in [-0.15, -0.1) is 0 Å². The Hall–Kier alpha value is -2.40. The van der Waals surface area contributed by atoms with Crippen LogP contribution >= 0.6 is 15.9 Å². The second kappa shape index (κ2) is 6.72. The Balaban J connectivity index is 2.40. The number of halogens is 1. The van der Waals surface area contributed by atoms with Gasteiger partial charge >= 0.3 is 5.97 Å². The predicted octanol–water partition coefficient (Wildman–Crippen LogP) is 5.02. The van der Waals surface area contributed by atoms with Crippen LogP contribution in [-0.4, -0.2) is 16.1 Å². The van der Waals surface area contributed by atoms with Gasteiger partial charge in [0.2, 0.25) is 0 Å². The van der Waals surface area contributed by atoms with Crippen molar-refractivity contribution in [3.05, 3.63) is 74.6 Å². The van der Waals surface area contributed by atoms with Gasteiger partial charge in [0, 0.05) is 26.6 Å². The van der Waals surface area contributed by atoms with Gasteiger partial charge in [-0.2, -0.15) is 0 Å². The zero-order valence-corrected chi connectivity index (χ0v) is 16.8. The van der Waals surface area contributed by atoms with Crippen molar-refractivity contribution in [2.24, 2.45) is 0 Å². The van der Waals surface area contributed by atoms with Crippen LogP contribution in [0.15, 0.2) is 57.8 Å². The summed E-state index contributed by atoms with van der Waals surface area (Å²) in [7, 11) is 0. The van der Waals surface area contributed by atoms with Gasteiger partial charge < -0.3 is 4.74 Å². The fourth-order valence-corrected chi connectivity index (χ4v) is 3.33. The van der Waals surface area contributed by atoms with Gasteiger partial charge in [0.15, 0.2) is 0 Å². The highest BCUT2D eigenvalue weighted by Crippen LogP contribution is 2.27. The van der Waals surface area contributed by atoms with E-state index in [4.69, 9.17) is 4.74 Å². The first-order valence-corrected chi connectivity index (χ1v) is 9.12. The first-order chi connectivity index (χ1) is 12.2. The molecule has 0 N–H and O–H groups in total. The molecule has 3 rings (SSSR count). The molecule has 5 heteroatoms. The number of rotatable bonds is 2. The number of carbonyl (C=O) groups excluding carboxylic acids is 1. The van der Waals surface area contributed by atoms with Crippen molar-refractivity contribution in [2.75, 3.05) is 0 Å². The molecule has 0 saturated heterocycles. The number of fused-ring (bicyclic) bond motifs is 1. The number of carbonyl (C=O) groups is 1. The highest BCUT2D eigenvalue weighted by molar-refractivity contribution is 9.10. The maximum atomic E-state index is 13.1. The van der Waals surface area contributed by atoms with Crippen molar-refractivity contribution < 1.29 is 9.53 Å². The van der Waals surface area contributed by atoms with Gasteiger partial charge in [0.1, 0.15) is 5.60 Å². The molecule has 0 atom stereocenters. The Labute approximate surface area is 160 Å². The van der Waals surface area contributed by atoms with Crippen LogP contribution in [0.4, 0.5) is 0 Å². The minimum Gasteiger partial charge on any atom is -0.456 e. The number of ether oxygens (including phenoxy) is 1. The molecule has 0 fully saturated rings. The Kier molecular flexibility index (Phi) is 4.76. The van der Waals surface area contributed by atoms with Crippen LogP contribution in [0, 0.1) is 6.92 Å². The zero-order chi connectivity index (χ0) is 19.1. The number of nitrogens with zero attached hydrogens (tertiary/aromatic N) is 1. The van der Waals surface area contributed by atoms with Gasteiger partial charge in [-0.3, -0.25) is 9.36 Å². The molecule has 0 spiro atoms. The van der Waals surface area contributed by atoms with E-state index in [1.807, 2.05) is 51.1 Å². The Morgan fingerprint density at radius 2 is 1.69 bits per heavy atom. The fourth-order valence-electron chi connectivity index (χ4n) is 2.96. The molecule has 0 aliphatic carbocycles. The predicted molar refractivity (Wildman–Crippen MR) is 107 cm³/mol. The van der Waals surface area contributed by atoms with Gasteiger partial charge in [-0.25, -0.2) is 4.79 Å². The van der Waals surface area contributed by atoms with Crippen LogP contribution in [0.5, 0.6) is 0 Å².